The van der Waals surface area contributed by atoms with E-state index in [1.807, 2.05) is 44.4 Å². The van der Waals surface area contributed by atoms with Crippen LogP contribution < -0.4 is 5.32 Å². The molecule has 0 bridgehead atoms. The molecule has 0 aromatic heterocycles. The molecule has 1 saturated heterocycles. The molecular formula is C14H18N2O2S. The van der Waals surface area contributed by atoms with E-state index in [0.717, 1.165) is 10.6 Å². The van der Waals surface area contributed by atoms with Gasteiger partial charge in [0.2, 0.25) is 5.91 Å². The second-order valence-corrected chi connectivity index (χ2v) is 5.71. The van der Waals surface area contributed by atoms with Crippen LogP contribution in [-0.4, -0.2) is 35.1 Å². The van der Waals surface area contributed by atoms with Gasteiger partial charge in [-0.3, -0.25) is 14.5 Å². The van der Waals surface area contributed by atoms with Crippen molar-refractivity contribution in [1.29, 1.82) is 0 Å². The normalized spacial score (nSPS) is 19.4. The van der Waals surface area contributed by atoms with Gasteiger partial charge in [-0.15, -0.1) is 11.8 Å². The second-order valence-electron chi connectivity index (χ2n) is 4.83. The summed E-state index contributed by atoms with van der Waals surface area (Å²) >= 11 is 1.65. The van der Waals surface area contributed by atoms with Gasteiger partial charge < -0.3 is 5.32 Å². The fourth-order valence-corrected chi connectivity index (χ4v) is 2.68. The molecule has 0 saturated carbocycles. The van der Waals surface area contributed by atoms with E-state index in [9.17, 15) is 9.59 Å². The zero-order valence-electron chi connectivity index (χ0n) is 11.3. The number of imide groups is 1. The summed E-state index contributed by atoms with van der Waals surface area (Å²) in [6.45, 7) is 3.71. The molecule has 1 fully saturated rings. The van der Waals surface area contributed by atoms with Crippen LogP contribution in [0.3, 0.4) is 0 Å². The van der Waals surface area contributed by atoms with Gasteiger partial charge in [-0.05, 0) is 38.3 Å². The van der Waals surface area contributed by atoms with Crippen molar-refractivity contribution in [3.63, 3.8) is 0 Å². The van der Waals surface area contributed by atoms with E-state index in [1.54, 1.807) is 11.8 Å². The molecule has 2 amide bonds. The molecule has 1 unspecified atom stereocenters. The maximum atomic E-state index is 12.2. The summed E-state index contributed by atoms with van der Waals surface area (Å²) in [4.78, 5) is 26.4. The summed E-state index contributed by atoms with van der Waals surface area (Å²) in [5.74, 6) is -0.229. The standard InChI is InChI=1S/C14H18N2O2S/c1-9(2)16-13(17)8-12(14(16)18)15-10-5-4-6-11(7-10)19-3/h4-7,9,12,15H,8H2,1-3H3. The quantitative estimate of drug-likeness (QED) is 0.678. The number of benzene rings is 1. The van der Waals surface area contributed by atoms with Crippen molar-refractivity contribution in [2.24, 2.45) is 0 Å². The third-order valence-corrected chi connectivity index (χ3v) is 3.84. The Morgan fingerprint density at radius 1 is 1.37 bits per heavy atom. The molecule has 0 radical (unpaired) electrons. The van der Waals surface area contributed by atoms with Gasteiger partial charge in [-0.25, -0.2) is 0 Å². The average Bonchev–Trinajstić information content (AvgIpc) is 2.64. The van der Waals surface area contributed by atoms with Crippen LogP contribution in [0.5, 0.6) is 0 Å². The molecule has 0 spiro atoms. The summed E-state index contributed by atoms with van der Waals surface area (Å²) < 4.78 is 0. The highest BCUT2D eigenvalue weighted by molar-refractivity contribution is 7.98. The van der Waals surface area contributed by atoms with E-state index < -0.39 is 6.04 Å². The predicted octanol–water partition coefficient (Wildman–Crippen LogP) is 2.36. The Balaban J connectivity index is 2.12. The lowest BCUT2D eigenvalue weighted by Crippen LogP contribution is -2.39. The molecule has 1 heterocycles. The summed E-state index contributed by atoms with van der Waals surface area (Å²) in [7, 11) is 0. The van der Waals surface area contributed by atoms with Gasteiger partial charge in [-0.1, -0.05) is 6.07 Å². The fourth-order valence-electron chi connectivity index (χ4n) is 2.22. The Morgan fingerprint density at radius 2 is 2.11 bits per heavy atom. The number of thioether (sulfide) groups is 1. The first-order chi connectivity index (χ1) is 9.02. The minimum absolute atomic E-state index is 0.0793. The van der Waals surface area contributed by atoms with Gasteiger partial charge in [0.25, 0.3) is 5.91 Å². The Kier molecular flexibility index (Phi) is 4.14. The maximum absolute atomic E-state index is 12.2. The van der Waals surface area contributed by atoms with Gasteiger partial charge in [0.15, 0.2) is 0 Å². The van der Waals surface area contributed by atoms with Crippen molar-refractivity contribution in [1.82, 2.24) is 4.90 Å². The number of nitrogens with one attached hydrogen (secondary N) is 1. The van der Waals surface area contributed by atoms with Crippen molar-refractivity contribution < 1.29 is 9.59 Å². The van der Waals surface area contributed by atoms with E-state index in [-0.39, 0.29) is 24.3 Å². The first kappa shape index (κ1) is 13.9. The third kappa shape index (κ3) is 2.92. The number of hydrogen-bond acceptors (Lipinski definition) is 4. The monoisotopic (exact) mass is 278 g/mol. The van der Waals surface area contributed by atoms with Crippen LogP contribution in [0.4, 0.5) is 5.69 Å². The number of likely N-dealkylation sites (tertiary alicyclic amines) is 1. The number of anilines is 1. The first-order valence-electron chi connectivity index (χ1n) is 6.29. The molecule has 102 valence electrons. The molecule has 1 N–H and O–H groups in total. The minimum Gasteiger partial charge on any atom is -0.373 e. The van der Waals surface area contributed by atoms with E-state index in [1.165, 1.54) is 4.90 Å². The van der Waals surface area contributed by atoms with Gasteiger partial charge >= 0.3 is 0 Å². The van der Waals surface area contributed by atoms with Gasteiger partial charge in [0.1, 0.15) is 6.04 Å². The molecule has 4 nitrogen and oxygen atoms in total. The van der Waals surface area contributed by atoms with E-state index in [4.69, 9.17) is 0 Å². The number of amides is 2. The Labute approximate surface area is 117 Å². The number of carbonyl (C=O) groups excluding carboxylic acids is 2. The fraction of sp³-hybridized carbons (Fsp3) is 0.429. The molecule has 1 aliphatic heterocycles. The van der Waals surface area contributed by atoms with Crippen LogP contribution in [0.25, 0.3) is 0 Å². The summed E-state index contributed by atoms with van der Waals surface area (Å²) in [6, 6.07) is 7.33. The van der Waals surface area contributed by atoms with Crippen LogP contribution in [0.2, 0.25) is 0 Å². The summed E-state index contributed by atoms with van der Waals surface area (Å²) in [5.41, 5.74) is 0.878. The van der Waals surface area contributed by atoms with Crippen LogP contribution in [0, 0.1) is 0 Å². The van der Waals surface area contributed by atoms with Crippen molar-refractivity contribution >= 4 is 29.3 Å². The second kappa shape index (κ2) is 5.65. The van der Waals surface area contributed by atoms with E-state index in [2.05, 4.69) is 5.32 Å². The number of carbonyl (C=O) groups is 2. The van der Waals surface area contributed by atoms with Gasteiger partial charge in [0, 0.05) is 16.6 Å². The zero-order chi connectivity index (χ0) is 14.0. The average molecular weight is 278 g/mol. The highest BCUT2D eigenvalue weighted by atomic mass is 32.2. The Morgan fingerprint density at radius 3 is 2.68 bits per heavy atom. The molecular weight excluding hydrogens is 260 g/mol. The Bertz CT molecular complexity index is 502. The molecule has 5 heteroatoms. The topological polar surface area (TPSA) is 49.4 Å². The van der Waals surface area contributed by atoms with E-state index >= 15 is 0 Å². The highest BCUT2D eigenvalue weighted by Crippen LogP contribution is 2.23. The van der Waals surface area contributed by atoms with Crippen LogP contribution in [-0.2, 0) is 9.59 Å². The lowest BCUT2D eigenvalue weighted by molar-refractivity contribution is -0.140. The van der Waals surface area contributed by atoms with Crippen molar-refractivity contribution in [3.05, 3.63) is 24.3 Å². The predicted molar refractivity (Wildman–Crippen MR) is 77.2 cm³/mol. The lowest BCUT2D eigenvalue weighted by Gasteiger charge is -2.19. The molecule has 0 aliphatic carbocycles. The molecule has 19 heavy (non-hydrogen) atoms. The van der Waals surface area contributed by atoms with E-state index in [0.29, 0.717) is 0 Å². The minimum atomic E-state index is -0.438. The Hall–Kier alpha value is -1.49. The number of hydrogen-bond donors (Lipinski definition) is 1. The molecule has 1 aromatic carbocycles. The summed E-state index contributed by atoms with van der Waals surface area (Å²) in [5, 5.41) is 3.16. The van der Waals surface area contributed by atoms with Crippen LogP contribution in [0.1, 0.15) is 20.3 Å². The molecule has 2 rings (SSSR count). The zero-order valence-corrected chi connectivity index (χ0v) is 12.2. The van der Waals surface area contributed by atoms with Crippen LogP contribution in [0.15, 0.2) is 29.2 Å². The maximum Gasteiger partial charge on any atom is 0.252 e. The lowest BCUT2D eigenvalue weighted by atomic mass is 10.2. The summed E-state index contributed by atoms with van der Waals surface area (Å²) in [6.07, 6.45) is 2.24. The first-order valence-corrected chi connectivity index (χ1v) is 7.52. The smallest absolute Gasteiger partial charge is 0.252 e. The third-order valence-electron chi connectivity index (χ3n) is 3.11. The molecule has 1 atom stereocenters. The van der Waals surface area contributed by atoms with Gasteiger partial charge in [0.05, 0.1) is 6.42 Å². The number of rotatable bonds is 4. The van der Waals surface area contributed by atoms with Crippen molar-refractivity contribution in [2.45, 2.75) is 37.2 Å². The molecule has 1 aliphatic rings. The van der Waals surface area contributed by atoms with Crippen molar-refractivity contribution in [2.75, 3.05) is 11.6 Å². The van der Waals surface area contributed by atoms with Crippen molar-refractivity contribution in [3.8, 4) is 0 Å². The van der Waals surface area contributed by atoms with Gasteiger partial charge in [-0.2, -0.15) is 0 Å². The molecule has 1 aromatic rings. The largest absolute Gasteiger partial charge is 0.373 e. The number of nitrogens with zero attached hydrogens (tertiary/aromatic N) is 1. The SMILES string of the molecule is CSc1cccc(NC2CC(=O)N(C(C)C)C2=O)c1. The highest BCUT2D eigenvalue weighted by Gasteiger charge is 2.39. The van der Waals surface area contributed by atoms with Crippen LogP contribution >= 0.6 is 11.8 Å².